The Morgan fingerprint density at radius 2 is 1.79 bits per heavy atom. The van der Waals surface area contributed by atoms with E-state index in [0.29, 0.717) is 18.7 Å². The third-order valence-electron chi connectivity index (χ3n) is 4.30. The van der Waals surface area contributed by atoms with Crippen molar-refractivity contribution in [2.24, 2.45) is 0 Å². The SMILES string of the molecule is O=c1ccn(CCN2CCOCC2)c(Cc2ccc(F)cc2)c1O. The number of benzene rings is 1. The summed E-state index contributed by atoms with van der Waals surface area (Å²) in [7, 11) is 0. The van der Waals surface area contributed by atoms with Gasteiger partial charge in [-0.05, 0) is 17.7 Å². The van der Waals surface area contributed by atoms with Crippen LogP contribution in [-0.2, 0) is 17.7 Å². The van der Waals surface area contributed by atoms with Crippen molar-refractivity contribution in [3.05, 3.63) is 63.8 Å². The molecule has 0 bridgehead atoms. The maximum Gasteiger partial charge on any atom is 0.223 e. The second-order valence-electron chi connectivity index (χ2n) is 5.93. The fourth-order valence-electron chi connectivity index (χ4n) is 2.87. The van der Waals surface area contributed by atoms with Crippen LogP contribution in [0.15, 0.2) is 41.3 Å². The van der Waals surface area contributed by atoms with Crippen LogP contribution in [0.3, 0.4) is 0 Å². The maximum atomic E-state index is 13.1. The van der Waals surface area contributed by atoms with Crippen LogP contribution in [0.2, 0.25) is 0 Å². The monoisotopic (exact) mass is 332 g/mol. The van der Waals surface area contributed by atoms with Crippen molar-refractivity contribution >= 4 is 0 Å². The second kappa shape index (κ2) is 7.59. The molecular formula is C18H21FN2O3. The fourth-order valence-corrected chi connectivity index (χ4v) is 2.87. The zero-order chi connectivity index (χ0) is 16.9. The normalized spacial score (nSPS) is 15.5. The quantitative estimate of drug-likeness (QED) is 0.904. The lowest BCUT2D eigenvalue weighted by atomic mass is 10.1. The molecule has 0 unspecified atom stereocenters. The zero-order valence-corrected chi connectivity index (χ0v) is 13.4. The first kappa shape index (κ1) is 16.7. The molecule has 2 aromatic rings. The molecule has 0 spiro atoms. The van der Waals surface area contributed by atoms with E-state index in [1.165, 1.54) is 18.2 Å². The van der Waals surface area contributed by atoms with Gasteiger partial charge in [-0.3, -0.25) is 9.69 Å². The van der Waals surface area contributed by atoms with Crippen LogP contribution in [0, 0.1) is 5.82 Å². The number of rotatable bonds is 5. The number of ether oxygens (including phenoxy) is 1. The molecular weight excluding hydrogens is 311 g/mol. The van der Waals surface area contributed by atoms with Crippen LogP contribution in [0.25, 0.3) is 0 Å². The molecule has 3 rings (SSSR count). The Balaban J connectivity index is 1.79. The van der Waals surface area contributed by atoms with E-state index in [-0.39, 0.29) is 11.6 Å². The minimum absolute atomic E-state index is 0.233. The first-order valence-corrected chi connectivity index (χ1v) is 8.09. The topological polar surface area (TPSA) is 54.7 Å². The molecule has 0 saturated carbocycles. The summed E-state index contributed by atoms with van der Waals surface area (Å²) in [6.45, 7) is 4.74. The van der Waals surface area contributed by atoms with Crippen LogP contribution >= 0.6 is 0 Å². The molecule has 5 nitrogen and oxygen atoms in total. The summed E-state index contributed by atoms with van der Waals surface area (Å²) in [5, 5.41) is 10.2. The summed E-state index contributed by atoms with van der Waals surface area (Å²) in [5.74, 6) is -0.537. The van der Waals surface area contributed by atoms with Gasteiger partial charge in [0.2, 0.25) is 5.43 Å². The van der Waals surface area contributed by atoms with Crippen molar-refractivity contribution in [1.29, 1.82) is 0 Å². The largest absolute Gasteiger partial charge is 0.503 e. The number of morpholine rings is 1. The Labute approximate surface area is 139 Å². The Morgan fingerprint density at radius 1 is 1.08 bits per heavy atom. The van der Waals surface area contributed by atoms with Crippen molar-refractivity contribution in [3.63, 3.8) is 0 Å². The smallest absolute Gasteiger partial charge is 0.223 e. The van der Waals surface area contributed by atoms with Crippen molar-refractivity contribution in [2.75, 3.05) is 32.8 Å². The Kier molecular flexibility index (Phi) is 5.27. The molecule has 1 saturated heterocycles. The summed E-state index contributed by atoms with van der Waals surface area (Å²) in [6.07, 6.45) is 2.09. The summed E-state index contributed by atoms with van der Waals surface area (Å²) in [4.78, 5) is 14.1. The lowest BCUT2D eigenvalue weighted by Gasteiger charge is -2.27. The first-order valence-electron chi connectivity index (χ1n) is 8.09. The Hall–Kier alpha value is -2.18. The molecule has 1 aromatic carbocycles. The van der Waals surface area contributed by atoms with Gasteiger partial charge in [0, 0.05) is 44.9 Å². The van der Waals surface area contributed by atoms with E-state index >= 15 is 0 Å². The zero-order valence-electron chi connectivity index (χ0n) is 13.4. The van der Waals surface area contributed by atoms with E-state index in [4.69, 9.17) is 4.74 Å². The molecule has 1 aliphatic rings. The van der Waals surface area contributed by atoms with Gasteiger partial charge in [-0.2, -0.15) is 0 Å². The number of nitrogens with zero attached hydrogens (tertiary/aromatic N) is 2. The van der Waals surface area contributed by atoms with Gasteiger partial charge in [-0.25, -0.2) is 4.39 Å². The van der Waals surface area contributed by atoms with Crippen molar-refractivity contribution in [1.82, 2.24) is 9.47 Å². The molecule has 128 valence electrons. The molecule has 24 heavy (non-hydrogen) atoms. The highest BCUT2D eigenvalue weighted by atomic mass is 19.1. The lowest BCUT2D eigenvalue weighted by Crippen LogP contribution is -2.38. The minimum atomic E-state index is -0.394. The molecule has 6 heteroatoms. The Morgan fingerprint density at radius 3 is 2.50 bits per heavy atom. The van der Waals surface area contributed by atoms with Gasteiger partial charge in [0.15, 0.2) is 5.75 Å². The van der Waals surface area contributed by atoms with Crippen molar-refractivity contribution in [3.8, 4) is 5.75 Å². The highest BCUT2D eigenvalue weighted by molar-refractivity contribution is 5.32. The van der Waals surface area contributed by atoms with Crippen LogP contribution in [0.1, 0.15) is 11.3 Å². The number of halogens is 1. The van der Waals surface area contributed by atoms with Gasteiger partial charge in [-0.1, -0.05) is 12.1 Å². The van der Waals surface area contributed by atoms with Crippen molar-refractivity contribution in [2.45, 2.75) is 13.0 Å². The number of aromatic nitrogens is 1. The highest BCUT2D eigenvalue weighted by Gasteiger charge is 2.14. The third kappa shape index (κ3) is 4.01. The molecule has 0 amide bonds. The average molecular weight is 332 g/mol. The van der Waals surface area contributed by atoms with Gasteiger partial charge in [0.05, 0.1) is 18.9 Å². The lowest BCUT2D eigenvalue weighted by molar-refractivity contribution is 0.0362. The van der Waals surface area contributed by atoms with E-state index in [1.54, 1.807) is 18.3 Å². The molecule has 0 radical (unpaired) electrons. The van der Waals surface area contributed by atoms with E-state index < -0.39 is 5.43 Å². The molecule has 2 heterocycles. The van der Waals surface area contributed by atoms with Crippen LogP contribution in [0.5, 0.6) is 5.75 Å². The highest BCUT2D eigenvalue weighted by Crippen LogP contribution is 2.17. The fraction of sp³-hybridized carbons (Fsp3) is 0.389. The van der Waals surface area contributed by atoms with Crippen molar-refractivity contribution < 1.29 is 14.2 Å². The van der Waals surface area contributed by atoms with E-state index in [2.05, 4.69) is 4.90 Å². The number of hydrogen-bond acceptors (Lipinski definition) is 4. The van der Waals surface area contributed by atoms with Gasteiger partial charge < -0.3 is 14.4 Å². The Bertz CT molecular complexity index is 737. The van der Waals surface area contributed by atoms with E-state index in [9.17, 15) is 14.3 Å². The molecule has 1 fully saturated rings. The first-order chi connectivity index (χ1) is 11.6. The van der Waals surface area contributed by atoms with Crippen LogP contribution < -0.4 is 5.43 Å². The summed E-state index contributed by atoms with van der Waals surface area (Å²) in [5.41, 5.74) is 1.01. The standard InChI is InChI=1S/C18H21FN2O3/c19-15-3-1-14(2-4-15)13-16-18(23)17(22)5-6-21(16)8-7-20-9-11-24-12-10-20/h1-6,23H,7-13H2. The number of hydrogen-bond donors (Lipinski definition) is 1. The molecule has 0 atom stereocenters. The molecule has 1 aromatic heterocycles. The summed E-state index contributed by atoms with van der Waals surface area (Å²) in [6, 6.07) is 7.47. The maximum absolute atomic E-state index is 13.1. The van der Waals surface area contributed by atoms with Gasteiger partial charge >= 0.3 is 0 Å². The van der Waals surface area contributed by atoms with Crippen LogP contribution in [0.4, 0.5) is 4.39 Å². The average Bonchev–Trinajstić information content (AvgIpc) is 2.61. The van der Waals surface area contributed by atoms with Gasteiger partial charge in [0.25, 0.3) is 0 Å². The third-order valence-corrected chi connectivity index (χ3v) is 4.30. The second-order valence-corrected chi connectivity index (χ2v) is 5.93. The number of aromatic hydroxyl groups is 1. The predicted octanol–water partition coefficient (Wildman–Crippen LogP) is 1.62. The molecule has 1 N–H and O–H groups in total. The van der Waals surface area contributed by atoms with Crippen LogP contribution in [-0.4, -0.2) is 47.4 Å². The molecule has 1 aliphatic heterocycles. The molecule has 0 aliphatic carbocycles. The van der Waals surface area contributed by atoms with E-state index in [0.717, 1.165) is 38.4 Å². The summed E-state index contributed by atoms with van der Waals surface area (Å²) >= 11 is 0. The number of pyridine rings is 1. The predicted molar refractivity (Wildman–Crippen MR) is 88.8 cm³/mol. The summed E-state index contributed by atoms with van der Waals surface area (Å²) < 4.78 is 20.3. The minimum Gasteiger partial charge on any atom is -0.503 e. The van der Waals surface area contributed by atoms with Gasteiger partial charge in [-0.15, -0.1) is 0 Å². The van der Waals surface area contributed by atoms with E-state index in [1.807, 2.05) is 4.57 Å². The van der Waals surface area contributed by atoms with Gasteiger partial charge in [0.1, 0.15) is 5.82 Å².